The summed E-state index contributed by atoms with van der Waals surface area (Å²) in [5.41, 5.74) is 12.3. The molecule has 0 aliphatic heterocycles. The fourth-order valence-corrected chi connectivity index (χ4v) is 2.50. The van der Waals surface area contributed by atoms with Crippen LogP contribution < -0.4 is 16.2 Å². The lowest BCUT2D eigenvalue weighted by Gasteiger charge is -2.08. The monoisotopic (exact) mass is 278 g/mol. The van der Waals surface area contributed by atoms with Crippen LogP contribution >= 0.6 is 0 Å². The molecule has 0 fully saturated rings. The van der Waals surface area contributed by atoms with Gasteiger partial charge in [-0.05, 0) is 42.0 Å². The lowest BCUT2D eigenvalue weighted by Crippen LogP contribution is -2.14. The topological polar surface area (TPSA) is 111 Å². The van der Waals surface area contributed by atoms with Crippen LogP contribution in [0, 0.1) is 0 Å². The quantitative estimate of drug-likeness (QED) is 0.720. The fraction of sp³-hybridized carbons (Fsp3) is 0.0833. The minimum atomic E-state index is -3.66. The van der Waals surface area contributed by atoms with Crippen molar-refractivity contribution in [1.29, 1.82) is 0 Å². The van der Waals surface area contributed by atoms with Crippen molar-refractivity contribution in [3.05, 3.63) is 48.2 Å². The number of nitrogens with one attached hydrogen (secondary N) is 1. The molecule has 6 nitrogen and oxygen atoms in total. The van der Waals surface area contributed by atoms with Gasteiger partial charge in [-0.2, -0.15) is 0 Å². The lowest BCUT2D eigenvalue weighted by molar-refractivity contribution is 0.601. The number of benzene rings is 1. The van der Waals surface area contributed by atoms with E-state index < -0.39 is 10.0 Å². The smallest absolute Gasteiger partial charge is 0.263 e. The van der Waals surface area contributed by atoms with Gasteiger partial charge in [0.2, 0.25) is 0 Å². The molecule has 0 radical (unpaired) electrons. The Kier molecular flexibility index (Phi) is 3.68. The molecule has 1 aromatic heterocycles. The first-order chi connectivity index (χ1) is 9.01. The maximum Gasteiger partial charge on any atom is 0.263 e. The number of hydrogen-bond donors (Lipinski definition) is 3. The Labute approximate surface area is 111 Å². The minimum absolute atomic E-state index is 0.127. The van der Waals surface area contributed by atoms with Crippen LogP contribution in [0.25, 0.3) is 0 Å². The summed E-state index contributed by atoms with van der Waals surface area (Å²) in [6.07, 6.45) is 1.50. The molecule has 0 bridgehead atoms. The second-order valence-electron chi connectivity index (χ2n) is 3.93. The third-order valence-corrected chi connectivity index (χ3v) is 3.86. The van der Waals surface area contributed by atoms with Gasteiger partial charge >= 0.3 is 0 Å². The standard InChI is InChI=1S/C12H14N4O2S/c13-8-9-5-6-15-12(7-9)16-19(17,18)11-3-1-10(14)2-4-11/h1-7H,8,13-14H2,(H,15,16). The average molecular weight is 278 g/mol. The molecule has 0 unspecified atom stereocenters. The maximum absolute atomic E-state index is 12.1. The summed E-state index contributed by atoms with van der Waals surface area (Å²) in [4.78, 5) is 4.07. The molecular weight excluding hydrogens is 264 g/mol. The van der Waals surface area contributed by atoms with Crippen LogP contribution in [0.2, 0.25) is 0 Å². The van der Waals surface area contributed by atoms with Crippen LogP contribution in [0.1, 0.15) is 5.56 Å². The highest BCUT2D eigenvalue weighted by Crippen LogP contribution is 2.16. The van der Waals surface area contributed by atoms with Gasteiger partial charge in [-0.3, -0.25) is 4.72 Å². The average Bonchev–Trinajstić information content (AvgIpc) is 2.39. The zero-order valence-corrected chi connectivity index (χ0v) is 10.9. The van der Waals surface area contributed by atoms with Crippen molar-refractivity contribution in [3.63, 3.8) is 0 Å². The highest BCUT2D eigenvalue weighted by atomic mass is 32.2. The number of anilines is 2. The van der Waals surface area contributed by atoms with Crippen LogP contribution in [-0.4, -0.2) is 13.4 Å². The van der Waals surface area contributed by atoms with Gasteiger partial charge in [0.05, 0.1) is 4.90 Å². The maximum atomic E-state index is 12.1. The summed E-state index contributed by atoms with van der Waals surface area (Å²) in [6, 6.07) is 9.24. The summed E-state index contributed by atoms with van der Waals surface area (Å²) >= 11 is 0. The number of rotatable bonds is 4. The van der Waals surface area contributed by atoms with E-state index in [-0.39, 0.29) is 10.7 Å². The summed E-state index contributed by atoms with van der Waals surface area (Å²) in [7, 11) is -3.66. The number of nitrogen functional groups attached to an aromatic ring is 1. The molecule has 0 saturated heterocycles. The van der Waals surface area contributed by atoms with Gasteiger partial charge in [-0.25, -0.2) is 13.4 Å². The van der Waals surface area contributed by atoms with Crippen molar-refractivity contribution in [3.8, 4) is 0 Å². The van der Waals surface area contributed by atoms with Crippen molar-refractivity contribution in [2.45, 2.75) is 11.4 Å². The summed E-state index contributed by atoms with van der Waals surface area (Å²) in [5, 5.41) is 0. The van der Waals surface area contributed by atoms with Gasteiger partial charge < -0.3 is 11.5 Å². The Bertz CT molecular complexity index is 668. The molecule has 0 spiro atoms. The second-order valence-corrected chi connectivity index (χ2v) is 5.61. The van der Waals surface area contributed by atoms with Gasteiger partial charge in [-0.15, -0.1) is 0 Å². The highest BCUT2D eigenvalue weighted by molar-refractivity contribution is 7.92. The number of nitrogens with two attached hydrogens (primary N) is 2. The fourth-order valence-electron chi connectivity index (χ4n) is 1.50. The zero-order chi connectivity index (χ0) is 13.9. The molecule has 0 atom stereocenters. The predicted octanol–water partition coefficient (Wildman–Crippen LogP) is 0.923. The van der Waals surface area contributed by atoms with E-state index in [0.717, 1.165) is 5.56 Å². The SMILES string of the molecule is NCc1ccnc(NS(=O)(=O)c2ccc(N)cc2)c1. The third kappa shape index (κ3) is 3.21. The Morgan fingerprint density at radius 3 is 2.47 bits per heavy atom. The van der Waals surface area contributed by atoms with Crippen molar-refractivity contribution in [2.75, 3.05) is 10.5 Å². The van der Waals surface area contributed by atoms with E-state index in [1.165, 1.54) is 30.5 Å². The molecule has 0 aliphatic carbocycles. The zero-order valence-electron chi connectivity index (χ0n) is 10.1. The van der Waals surface area contributed by atoms with Gasteiger partial charge in [0.1, 0.15) is 5.82 Å². The van der Waals surface area contributed by atoms with Gasteiger partial charge in [0.15, 0.2) is 0 Å². The Balaban J connectivity index is 2.28. The van der Waals surface area contributed by atoms with E-state index in [1.807, 2.05) is 0 Å². The van der Waals surface area contributed by atoms with E-state index in [9.17, 15) is 8.42 Å². The summed E-state index contributed by atoms with van der Waals surface area (Å²) < 4.78 is 26.6. The molecule has 0 saturated carbocycles. The van der Waals surface area contributed by atoms with Crippen molar-refractivity contribution in [2.24, 2.45) is 5.73 Å². The number of hydrogen-bond acceptors (Lipinski definition) is 5. The number of sulfonamides is 1. The minimum Gasteiger partial charge on any atom is -0.399 e. The Morgan fingerprint density at radius 1 is 1.16 bits per heavy atom. The van der Waals surface area contributed by atoms with Crippen LogP contribution in [0.4, 0.5) is 11.5 Å². The normalized spacial score (nSPS) is 11.2. The van der Waals surface area contributed by atoms with E-state index in [1.54, 1.807) is 12.1 Å². The van der Waals surface area contributed by atoms with Crippen molar-refractivity contribution < 1.29 is 8.42 Å². The molecule has 0 amide bonds. The molecule has 7 heteroatoms. The van der Waals surface area contributed by atoms with E-state index in [2.05, 4.69) is 9.71 Å². The first-order valence-electron chi connectivity index (χ1n) is 5.54. The number of pyridine rings is 1. The Morgan fingerprint density at radius 2 is 1.84 bits per heavy atom. The van der Waals surface area contributed by atoms with E-state index in [0.29, 0.717) is 12.2 Å². The second kappa shape index (κ2) is 5.25. The first kappa shape index (κ1) is 13.3. The van der Waals surface area contributed by atoms with Gasteiger partial charge in [0, 0.05) is 18.4 Å². The van der Waals surface area contributed by atoms with Crippen LogP contribution in [0.15, 0.2) is 47.5 Å². The van der Waals surface area contributed by atoms with Crippen LogP contribution in [0.5, 0.6) is 0 Å². The van der Waals surface area contributed by atoms with E-state index >= 15 is 0 Å². The van der Waals surface area contributed by atoms with Gasteiger partial charge in [-0.1, -0.05) is 0 Å². The lowest BCUT2D eigenvalue weighted by atomic mass is 10.3. The van der Waals surface area contributed by atoms with Crippen LogP contribution in [-0.2, 0) is 16.6 Å². The highest BCUT2D eigenvalue weighted by Gasteiger charge is 2.14. The molecular formula is C12H14N4O2S. The first-order valence-corrected chi connectivity index (χ1v) is 7.03. The number of aromatic nitrogens is 1. The molecule has 100 valence electrons. The largest absolute Gasteiger partial charge is 0.399 e. The molecule has 19 heavy (non-hydrogen) atoms. The van der Waals surface area contributed by atoms with E-state index in [4.69, 9.17) is 11.5 Å². The summed E-state index contributed by atoms with van der Waals surface area (Å²) in [6.45, 7) is 0.319. The molecule has 2 rings (SSSR count). The van der Waals surface area contributed by atoms with Crippen molar-refractivity contribution in [1.82, 2.24) is 4.98 Å². The number of nitrogens with zero attached hydrogens (tertiary/aromatic N) is 1. The molecule has 5 N–H and O–H groups in total. The third-order valence-electron chi connectivity index (χ3n) is 2.49. The summed E-state index contributed by atoms with van der Waals surface area (Å²) in [5.74, 6) is 0.236. The molecule has 0 aliphatic rings. The molecule has 2 aromatic rings. The molecule has 1 aromatic carbocycles. The van der Waals surface area contributed by atoms with Gasteiger partial charge in [0.25, 0.3) is 10.0 Å². The van der Waals surface area contributed by atoms with Crippen LogP contribution in [0.3, 0.4) is 0 Å². The predicted molar refractivity (Wildman–Crippen MR) is 73.8 cm³/mol. The van der Waals surface area contributed by atoms with Crippen molar-refractivity contribution >= 4 is 21.5 Å². The molecule has 1 heterocycles. The Hall–Kier alpha value is -2.12.